The first-order valence-electron chi connectivity index (χ1n) is 5.93. The highest BCUT2D eigenvalue weighted by atomic mass is 35.5. The molecule has 2 rings (SSSR count). The fourth-order valence-corrected chi connectivity index (χ4v) is 3.37. The number of carbonyl (C=O) groups is 1. The number of carbonyl (C=O) groups excluding carboxylic acids is 1. The van der Waals surface area contributed by atoms with Gasteiger partial charge in [0, 0.05) is 6.26 Å². The molecule has 0 bridgehead atoms. The lowest BCUT2D eigenvalue weighted by Gasteiger charge is -2.11. The lowest BCUT2D eigenvalue weighted by atomic mass is 10.3. The quantitative estimate of drug-likeness (QED) is 0.758. The minimum atomic E-state index is -3.54. The lowest BCUT2D eigenvalue weighted by molar-refractivity contribution is 0.102. The number of benzene rings is 1. The van der Waals surface area contributed by atoms with Gasteiger partial charge in [0.15, 0.2) is 9.84 Å². The van der Waals surface area contributed by atoms with E-state index in [0.717, 1.165) is 6.26 Å². The molecule has 122 valence electrons. The van der Waals surface area contributed by atoms with Gasteiger partial charge >= 0.3 is 0 Å². The van der Waals surface area contributed by atoms with Gasteiger partial charge in [0.25, 0.3) is 5.91 Å². The average molecular weight is 414 g/mol. The predicted molar refractivity (Wildman–Crippen MR) is 91.8 cm³/mol. The third kappa shape index (κ3) is 3.89. The zero-order valence-corrected chi connectivity index (χ0v) is 15.2. The van der Waals surface area contributed by atoms with Gasteiger partial charge < -0.3 is 5.32 Å². The summed E-state index contributed by atoms with van der Waals surface area (Å²) in [5.74, 6) is -0.772. The van der Waals surface area contributed by atoms with Crippen molar-refractivity contribution in [2.45, 2.75) is 4.90 Å². The molecule has 1 aromatic heterocycles. The highest BCUT2D eigenvalue weighted by Gasteiger charge is 2.22. The van der Waals surface area contributed by atoms with Crippen LogP contribution in [0.25, 0.3) is 0 Å². The molecule has 0 aliphatic rings. The SMILES string of the molecule is CS(=O)(=O)c1ccccc1NC(=O)c1nc(Cl)c(Cl)c(Cl)c1Cl. The molecule has 0 spiro atoms. The molecule has 0 saturated carbocycles. The number of rotatable bonds is 3. The maximum absolute atomic E-state index is 12.3. The van der Waals surface area contributed by atoms with E-state index in [1.54, 1.807) is 6.07 Å². The molecule has 10 heteroatoms. The Kier molecular flexibility index (Phi) is 5.43. The van der Waals surface area contributed by atoms with Crippen molar-refractivity contribution in [2.75, 3.05) is 11.6 Å². The summed E-state index contributed by atoms with van der Waals surface area (Å²) in [6.07, 6.45) is 1.03. The number of nitrogens with one attached hydrogen (secondary N) is 1. The number of sulfone groups is 1. The summed E-state index contributed by atoms with van der Waals surface area (Å²) in [4.78, 5) is 16.0. The molecule has 0 saturated heterocycles. The Morgan fingerprint density at radius 2 is 1.65 bits per heavy atom. The number of hydrogen-bond acceptors (Lipinski definition) is 4. The van der Waals surface area contributed by atoms with E-state index in [1.165, 1.54) is 18.2 Å². The molecule has 1 heterocycles. The molecule has 2 aromatic rings. The van der Waals surface area contributed by atoms with E-state index < -0.39 is 15.7 Å². The van der Waals surface area contributed by atoms with Crippen LogP contribution in [0.2, 0.25) is 20.2 Å². The van der Waals surface area contributed by atoms with Gasteiger partial charge in [-0.15, -0.1) is 0 Å². The molecule has 0 unspecified atom stereocenters. The smallest absolute Gasteiger partial charge is 0.275 e. The summed E-state index contributed by atoms with van der Waals surface area (Å²) in [7, 11) is -3.54. The monoisotopic (exact) mass is 412 g/mol. The van der Waals surface area contributed by atoms with Crippen molar-refractivity contribution in [3.63, 3.8) is 0 Å². The van der Waals surface area contributed by atoms with Crippen LogP contribution in [0.15, 0.2) is 29.2 Å². The van der Waals surface area contributed by atoms with Gasteiger partial charge in [-0.2, -0.15) is 0 Å². The zero-order chi connectivity index (χ0) is 17.4. The number of amides is 1. The third-order valence-corrected chi connectivity index (χ3v) is 5.57. The topological polar surface area (TPSA) is 76.1 Å². The molecule has 0 radical (unpaired) electrons. The molecule has 0 atom stereocenters. The van der Waals surface area contributed by atoms with Gasteiger partial charge in [0.1, 0.15) is 10.8 Å². The molecule has 1 aromatic carbocycles. The van der Waals surface area contributed by atoms with Crippen LogP contribution in [-0.4, -0.2) is 25.6 Å². The summed E-state index contributed by atoms with van der Waals surface area (Å²) in [6, 6.07) is 5.90. The number of para-hydroxylation sites is 1. The predicted octanol–water partition coefficient (Wildman–Crippen LogP) is 4.35. The molecule has 0 fully saturated rings. The maximum atomic E-state index is 12.3. The van der Waals surface area contributed by atoms with E-state index in [9.17, 15) is 13.2 Å². The Morgan fingerprint density at radius 1 is 1.04 bits per heavy atom. The fraction of sp³-hybridized carbons (Fsp3) is 0.0769. The summed E-state index contributed by atoms with van der Waals surface area (Å²) in [5.41, 5.74) is -0.186. The van der Waals surface area contributed by atoms with E-state index >= 15 is 0 Å². The van der Waals surface area contributed by atoms with Crippen molar-refractivity contribution in [2.24, 2.45) is 0 Å². The second-order valence-electron chi connectivity index (χ2n) is 4.42. The number of halogens is 4. The Balaban J connectivity index is 2.46. The average Bonchev–Trinajstić information content (AvgIpc) is 2.48. The largest absolute Gasteiger partial charge is 0.319 e. The van der Waals surface area contributed by atoms with E-state index in [1.807, 2.05) is 0 Å². The summed E-state index contributed by atoms with van der Waals surface area (Å²) in [6.45, 7) is 0. The van der Waals surface area contributed by atoms with Gasteiger partial charge in [-0.3, -0.25) is 4.79 Å². The third-order valence-electron chi connectivity index (χ3n) is 2.73. The first kappa shape index (κ1) is 18.3. The highest BCUT2D eigenvalue weighted by molar-refractivity contribution is 7.90. The van der Waals surface area contributed by atoms with Crippen molar-refractivity contribution < 1.29 is 13.2 Å². The van der Waals surface area contributed by atoms with E-state index in [0.29, 0.717) is 0 Å². The van der Waals surface area contributed by atoms with Crippen molar-refractivity contribution in [3.05, 3.63) is 50.2 Å². The lowest BCUT2D eigenvalue weighted by Crippen LogP contribution is -2.17. The number of pyridine rings is 1. The van der Waals surface area contributed by atoms with Crippen LogP contribution < -0.4 is 5.32 Å². The van der Waals surface area contributed by atoms with Crippen LogP contribution in [0.4, 0.5) is 5.69 Å². The van der Waals surface area contributed by atoms with E-state index in [2.05, 4.69) is 10.3 Å². The first-order chi connectivity index (χ1) is 10.6. The van der Waals surface area contributed by atoms with Gasteiger partial charge in [-0.1, -0.05) is 58.5 Å². The summed E-state index contributed by atoms with van der Waals surface area (Å²) in [5, 5.41) is 1.85. The van der Waals surface area contributed by atoms with Crippen molar-refractivity contribution in [3.8, 4) is 0 Å². The minimum absolute atomic E-state index is 0.0457. The Morgan fingerprint density at radius 3 is 2.26 bits per heavy atom. The Bertz CT molecular complexity index is 900. The van der Waals surface area contributed by atoms with Crippen molar-refractivity contribution in [1.29, 1.82) is 0 Å². The van der Waals surface area contributed by atoms with Gasteiger partial charge in [-0.25, -0.2) is 13.4 Å². The summed E-state index contributed by atoms with van der Waals surface area (Å²) < 4.78 is 23.5. The second-order valence-corrected chi connectivity index (χ2v) is 7.89. The maximum Gasteiger partial charge on any atom is 0.275 e. The highest BCUT2D eigenvalue weighted by Crippen LogP contribution is 2.36. The van der Waals surface area contributed by atoms with E-state index in [-0.39, 0.29) is 36.5 Å². The van der Waals surface area contributed by atoms with Gasteiger partial charge in [0.05, 0.1) is 25.7 Å². The zero-order valence-electron chi connectivity index (χ0n) is 11.4. The molecule has 0 aliphatic carbocycles. The summed E-state index contributed by atoms with van der Waals surface area (Å²) >= 11 is 23.4. The van der Waals surface area contributed by atoms with Crippen LogP contribution >= 0.6 is 46.4 Å². The molecule has 1 amide bonds. The molecule has 23 heavy (non-hydrogen) atoms. The van der Waals surface area contributed by atoms with Crippen LogP contribution in [0.1, 0.15) is 10.5 Å². The van der Waals surface area contributed by atoms with E-state index in [4.69, 9.17) is 46.4 Å². The Hall–Kier alpha value is -1.05. The number of nitrogens with zero attached hydrogens (tertiary/aromatic N) is 1. The van der Waals surface area contributed by atoms with Crippen LogP contribution in [0.3, 0.4) is 0 Å². The molecular weight excluding hydrogens is 406 g/mol. The Labute approximate surface area is 152 Å². The van der Waals surface area contributed by atoms with Crippen molar-refractivity contribution in [1.82, 2.24) is 4.98 Å². The number of anilines is 1. The first-order valence-corrected chi connectivity index (χ1v) is 9.33. The minimum Gasteiger partial charge on any atom is -0.319 e. The van der Waals surface area contributed by atoms with Crippen LogP contribution in [-0.2, 0) is 9.84 Å². The van der Waals surface area contributed by atoms with Crippen LogP contribution in [0, 0.1) is 0 Å². The molecular formula is C13H8Cl4N2O3S. The molecule has 5 nitrogen and oxygen atoms in total. The van der Waals surface area contributed by atoms with Crippen molar-refractivity contribution >= 4 is 67.8 Å². The van der Waals surface area contributed by atoms with Crippen LogP contribution in [0.5, 0.6) is 0 Å². The molecule has 0 aliphatic heterocycles. The number of aromatic nitrogens is 1. The fourth-order valence-electron chi connectivity index (χ4n) is 1.71. The van der Waals surface area contributed by atoms with Gasteiger partial charge in [-0.05, 0) is 12.1 Å². The van der Waals surface area contributed by atoms with Gasteiger partial charge in [0.2, 0.25) is 0 Å². The second kappa shape index (κ2) is 6.83. The standard InChI is InChI=1S/C13H8Cl4N2O3S/c1-23(21,22)7-5-3-2-4-6(7)18-13(20)11-9(15)8(14)10(16)12(17)19-11/h2-5H,1H3,(H,18,20). The number of hydrogen-bond donors (Lipinski definition) is 1. The molecule has 1 N–H and O–H groups in total. The normalized spacial score (nSPS) is 11.3.